The van der Waals surface area contributed by atoms with Crippen LogP contribution in [-0.2, 0) is 28.6 Å². The molecule has 0 amide bonds. The summed E-state index contributed by atoms with van der Waals surface area (Å²) < 4.78 is 15.7. The van der Waals surface area contributed by atoms with Gasteiger partial charge in [-0.3, -0.25) is 9.59 Å². The maximum atomic E-state index is 11.9. The summed E-state index contributed by atoms with van der Waals surface area (Å²) in [6.07, 6.45) is 1.87. The molecule has 0 aromatic carbocycles. The number of carbonyl (C=O) groups is 3. The molecule has 3 aliphatic rings. The molecular weight excluding hydrogens is 288 g/mol. The van der Waals surface area contributed by atoms with Gasteiger partial charge in [0, 0.05) is 11.8 Å². The van der Waals surface area contributed by atoms with Gasteiger partial charge in [-0.1, -0.05) is 6.92 Å². The second-order valence-corrected chi connectivity index (χ2v) is 7.16. The minimum atomic E-state index is -0.616. The summed E-state index contributed by atoms with van der Waals surface area (Å²) in [7, 11) is 0. The van der Waals surface area contributed by atoms with Crippen LogP contribution < -0.4 is 0 Å². The number of esters is 3. The molecule has 0 aromatic heterocycles. The fourth-order valence-corrected chi connectivity index (χ4v) is 3.75. The van der Waals surface area contributed by atoms with Crippen LogP contribution in [0.1, 0.15) is 40.0 Å². The molecule has 1 aliphatic heterocycles. The zero-order valence-corrected chi connectivity index (χ0v) is 13.2. The Morgan fingerprint density at radius 3 is 2.73 bits per heavy atom. The summed E-state index contributed by atoms with van der Waals surface area (Å²) in [6.45, 7) is 5.02. The fraction of sp³-hybridized carbons (Fsp3) is 0.812. The minimum absolute atomic E-state index is 0.0145. The van der Waals surface area contributed by atoms with Gasteiger partial charge in [0.15, 0.2) is 6.61 Å². The van der Waals surface area contributed by atoms with E-state index in [1.165, 1.54) is 0 Å². The van der Waals surface area contributed by atoms with Crippen molar-refractivity contribution in [3.05, 3.63) is 0 Å². The van der Waals surface area contributed by atoms with Crippen LogP contribution in [0.15, 0.2) is 0 Å². The van der Waals surface area contributed by atoms with E-state index in [-0.39, 0.29) is 29.8 Å². The first kappa shape index (κ1) is 15.3. The number of rotatable bonds is 5. The SMILES string of the molecule is CCC(C)(C)C(=O)OCC(=O)OC1C2CC3OC(=O)C1C3C2. The van der Waals surface area contributed by atoms with E-state index in [0.717, 1.165) is 12.8 Å². The van der Waals surface area contributed by atoms with E-state index < -0.39 is 30.1 Å². The zero-order chi connectivity index (χ0) is 16.1. The number of ether oxygens (including phenoxy) is 3. The lowest BCUT2D eigenvalue weighted by Crippen LogP contribution is -2.36. The average Bonchev–Trinajstić information content (AvgIpc) is 3.07. The van der Waals surface area contributed by atoms with Crippen LogP contribution >= 0.6 is 0 Å². The third-order valence-electron chi connectivity index (χ3n) is 5.43. The van der Waals surface area contributed by atoms with Crippen molar-refractivity contribution in [2.45, 2.75) is 52.2 Å². The van der Waals surface area contributed by atoms with Crippen molar-refractivity contribution in [2.24, 2.45) is 23.2 Å². The highest BCUT2D eigenvalue weighted by Gasteiger charge is 2.63. The number of fused-ring (bicyclic) bond motifs is 1. The van der Waals surface area contributed by atoms with Gasteiger partial charge in [0.1, 0.15) is 18.1 Å². The first-order valence-corrected chi connectivity index (χ1v) is 7.90. The molecule has 5 atom stereocenters. The normalized spacial score (nSPS) is 35.4. The number of carbonyl (C=O) groups excluding carboxylic acids is 3. The monoisotopic (exact) mass is 310 g/mol. The van der Waals surface area contributed by atoms with Gasteiger partial charge in [-0.25, -0.2) is 4.79 Å². The van der Waals surface area contributed by atoms with Crippen molar-refractivity contribution >= 4 is 17.9 Å². The quantitative estimate of drug-likeness (QED) is 0.565. The van der Waals surface area contributed by atoms with Gasteiger partial charge in [0.2, 0.25) is 0 Å². The van der Waals surface area contributed by atoms with Crippen molar-refractivity contribution in [3.8, 4) is 0 Å². The molecule has 0 aromatic rings. The molecule has 0 spiro atoms. The van der Waals surface area contributed by atoms with E-state index in [9.17, 15) is 14.4 Å². The Balaban J connectivity index is 1.53. The molecule has 6 nitrogen and oxygen atoms in total. The molecule has 5 unspecified atom stereocenters. The summed E-state index contributed by atoms with van der Waals surface area (Å²) in [4.78, 5) is 35.6. The van der Waals surface area contributed by atoms with Crippen LogP contribution in [-0.4, -0.2) is 36.7 Å². The number of hydrogen-bond acceptors (Lipinski definition) is 6. The molecule has 3 rings (SSSR count). The predicted molar refractivity (Wildman–Crippen MR) is 74.5 cm³/mol. The molecule has 2 aliphatic carbocycles. The molecular formula is C16H22O6. The van der Waals surface area contributed by atoms with Crippen molar-refractivity contribution in [2.75, 3.05) is 6.61 Å². The van der Waals surface area contributed by atoms with Crippen LogP contribution in [0.25, 0.3) is 0 Å². The zero-order valence-electron chi connectivity index (χ0n) is 13.2. The maximum Gasteiger partial charge on any atom is 0.344 e. The topological polar surface area (TPSA) is 78.9 Å². The van der Waals surface area contributed by atoms with E-state index in [0.29, 0.717) is 6.42 Å². The van der Waals surface area contributed by atoms with Crippen molar-refractivity contribution < 1.29 is 28.6 Å². The minimum Gasteiger partial charge on any atom is -0.462 e. The van der Waals surface area contributed by atoms with E-state index in [2.05, 4.69) is 0 Å². The van der Waals surface area contributed by atoms with Gasteiger partial charge in [-0.2, -0.15) is 0 Å². The highest BCUT2D eigenvalue weighted by molar-refractivity contribution is 5.81. The largest absolute Gasteiger partial charge is 0.462 e. The van der Waals surface area contributed by atoms with Crippen LogP contribution in [0, 0.1) is 23.2 Å². The summed E-state index contributed by atoms with van der Waals surface area (Å²) in [5, 5.41) is 0. The van der Waals surface area contributed by atoms with Crippen LogP contribution in [0.4, 0.5) is 0 Å². The van der Waals surface area contributed by atoms with Crippen LogP contribution in [0.3, 0.4) is 0 Å². The molecule has 0 N–H and O–H groups in total. The van der Waals surface area contributed by atoms with Gasteiger partial charge in [-0.15, -0.1) is 0 Å². The molecule has 1 heterocycles. The Hall–Kier alpha value is -1.59. The van der Waals surface area contributed by atoms with Crippen LogP contribution in [0.2, 0.25) is 0 Å². The molecule has 122 valence electrons. The smallest absolute Gasteiger partial charge is 0.344 e. The molecule has 2 bridgehead atoms. The van der Waals surface area contributed by atoms with E-state index in [1.807, 2.05) is 6.92 Å². The standard InChI is InChI=1S/C16H22O6/c1-4-16(2,3)15(19)20-7-11(17)22-13-8-5-9-10(6-8)21-14(18)12(9)13/h8-10,12-13H,4-7H2,1-3H3. The third kappa shape index (κ3) is 2.38. The Morgan fingerprint density at radius 2 is 2.05 bits per heavy atom. The first-order chi connectivity index (χ1) is 10.3. The van der Waals surface area contributed by atoms with Crippen molar-refractivity contribution in [1.29, 1.82) is 0 Å². The second-order valence-electron chi connectivity index (χ2n) is 7.16. The lowest BCUT2D eigenvalue weighted by atomic mass is 9.87. The Bertz CT molecular complexity index is 509. The highest BCUT2D eigenvalue weighted by Crippen LogP contribution is 2.55. The van der Waals surface area contributed by atoms with E-state index in [4.69, 9.17) is 14.2 Å². The molecule has 6 heteroatoms. The van der Waals surface area contributed by atoms with Gasteiger partial charge in [0.05, 0.1) is 5.41 Å². The average molecular weight is 310 g/mol. The maximum absolute atomic E-state index is 11.9. The summed E-state index contributed by atoms with van der Waals surface area (Å²) in [5.74, 6) is -1.20. The molecule has 3 fully saturated rings. The third-order valence-corrected chi connectivity index (χ3v) is 5.43. The highest BCUT2D eigenvalue weighted by atomic mass is 16.6. The summed E-state index contributed by atoms with van der Waals surface area (Å²) in [5.41, 5.74) is -0.616. The molecule has 0 radical (unpaired) electrons. The summed E-state index contributed by atoms with van der Waals surface area (Å²) >= 11 is 0. The Morgan fingerprint density at radius 1 is 1.32 bits per heavy atom. The summed E-state index contributed by atoms with van der Waals surface area (Å²) in [6, 6.07) is 0. The second kappa shape index (κ2) is 5.25. The van der Waals surface area contributed by atoms with Crippen molar-refractivity contribution in [3.63, 3.8) is 0 Å². The van der Waals surface area contributed by atoms with E-state index in [1.54, 1.807) is 13.8 Å². The molecule has 22 heavy (non-hydrogen) atoms. The fourth-order valence-electron chi connectivity index (χ4n) is 3.75. The number of hydrogen-bond donors (Lipinski definition) is 0. The lowest BCUT2D eigenvalue weighted by molar-refractivity contribution is -0.170. The van der Waals surface area contributed by atoms with Gasteiger partial charge < -0.3 is 14.2 Å². The van der Waals surface area contributed by atoms with Crippen LogP contribution in [0.5, 0.6) is 0 Å². The predicted octanol–water partition coefficient (Wildman–Crippen LogP) is 1.46. The van der Waals surface area contributed by atoms with Crippen molar-refractivity contribution in [1.82, 2.24) is 0 Å². The van der Waals surface area contributed by atoms with Gasteiger partial charge in [0.25, 0.3) is 0 Å². The van der Waals surface area contributed by atoms with Gasteiger partial charge in [-0.05, 0) is 33.1 Å². The van der Waals surface area contributed by atoms with Gasteiger partial charge >= 0.3 is 17.9 Å². The molecule has 1 saturated heterocycles. The lowest BCUT2D eigenvalue weighted by Gasteiger charge is -2.25. The Labute approximate surface area is 129 Å². The molecule has 2 saturated carbocycles. The first-order valence-electron chi connectivity index (χ1n) is 7.90. The Kier molecular flexibility index (Phi) is 3.65. The van der Waals surface area contributed by atoms with E-state index >= 15 is 0 Å².